The maximum atomic E-state index is 13.7. The van der Waals surface area contributed by atoms with Crippen LogP contribution in [0.4, 0.5) is 25.0 Å². The van der Waals surface area contributed by atoms with Crippen molar-refractivity contribution in [3.8, 4) is 0 Å². The zero-order chi connectivity index (χ0) is 18.7. The minimum absolute atomic E-state index is 0.398. The van der Waals surface area contributed by atoms with Crippen molar-refractivity contribution in [3.05, 3.63) is 59.7 Å². The van der Waals surface area contributed by atoms with E-state index < -0.39 is 23.4 Å². The molecule has 3 rings (SSSR count). The first kappa shape index (κ1) is 18.2. The van der Waals surface area contributed by atoms with Gasteiger partial charge in [-0.15, -0.1) is 0 Å². The Morgan fingerprint density at radius 2 is 1.58 bits per heavy atom. The summed E-state index contributed by atoms with van der Waals surface area (Å²) in [4.78, 5) is 16.2. The standard InChI is InChI=1S/C20H23F2N3O/c1-14(2)15-6-3-4-9-18(15)24-10-12-25(13-11-24)20(26)23-19-16(21)7-5-8-17(19)22/h3-9,14H,10-13H2,1-2H3,(H,23,26). The summed E-state index contributed by atoms with van der Waals surface area (Å²) in [6, 6.07) is 11.3. The Labute approximate surface area is 152 Å². The van der Waals surface area contributed by atoms with Gasteiger partial charge in [0, 0.05) is 31.9 Å². The Morgan fingerprint density at radius 3 is 2.19 bits per heavy atom. The van der Waals surface area contributed by atoms with Crippen LogP contribution in [0.5, 0.6) is 0 Å². The van der Waals surface area contributed by atoms with Crippen LogP contribution in [0.1, 0.15) is 25.3 Å². The van der Waals surface area contributed by atoms with Crippen molar-refractivity contribution in [1.29, 1.82) is 0 Å². The number of urea groups is 1. The number of anilines is 2. The number of halogens is 2. The molecule has 0 unspecified atom stereocenters. The second-order valence-electron chi connectivity index (χ2n) is 6.71. The molecule has 4 nitrogen and oxygen atoms in total. The average molecular weight is 359 g/mol. The van der Waals surface area contributed by atoms with E-state index in [1.54, 1.807) is 4.90 Å². The normalized spacial score (nSPS) is 14.7. The number of hydrogen-bond acceptors (Lipinski definition) is 2. The van der Waals surface area contributed by atoms with Gasteiger partial charge in [-0.1, -0.05) is 38.1 Å². The monoisotopic (exact) mass is 359 g/mol. The lowest BCUT2D eigenvalue weighted by Gasteiger charge is -2.37. The van der Waals surface area contributed by atoms with Crippen molar-refractivity contribution in [3.63, 3.8) is 0 Å². The van der Waals surface area contributed by atoms with Crippen LogP contribution in [0.3, 0.4) is 0 Å². The molecule has 0 saturated carbocycles. The Balaban J connectivity index is 1.65. The van der Waals surface area contributed by atoms with Gasteiger partial charge in [-0.25, -0.2) is 13.6 Å². The number of nitrogens with one attached hydrogen (secondary N) is 1. The molecule has 0 atom stereocenters. The van der Waals surface area contributed by atoms with E-state index in [2.05, 4.69) is 36.2 Å². The maximum Gasteiger partial charge on any atom is 0.322 e. The van der Waals surface area contributed by atoms with Crippen LogP contribution in [0.25, 0.3) is 0 Å². The molecule has 1 heterocycles. The first-order valence-corrected chi connectivity index (χ1v) is 8.81. The number of nitrogens with zero attached hydrogens (tertiary/aromatic N) is 2. The summed E-state index contributed by atoms with van der Waals surface area (Å²) in [7, 11) is 0. The zero-order valence-electron chi connectivity index (χ0n) is 15.0. The van der Waals surface area contributed by atoms with Gasteiger partial charge >= 0.3 is 6.03 Å². The van der Waals surface area contributed by atoms with Gasteiger partial charge in [0.2, 0.25) is 0 Å². The third kappa shape index (κ3) is 3.79. The van der Waals surface area contributed by atoms with Crippen LogP contribution < -0.4 is 10.2 Å². The number of carbonyl (C=O) groups is 1. The largest absolute Gasteiger partial charge is 0.368 e. The highest BCUT2D eigenvalue weighted by Crippen LogP contribution is 2.28. The predicted octanol–water partition coefficient (Wildman–Crippen LogP) is 4.44. The van der Waals surface area contributed by atoms with Gasteiger partial charge in [-0.2, -0.15) is 0 Å². The van der Waals surface area contributed by atoms with Gasteiger partial charge in [0.05, 0.1) is 0 Å². The molecular formula is C20H23F2N3O. The predicted molar refractivity (Wildman–Crippen MR) is 99.7 cm³/mol. The number of rotatable bonds is 3. The fraction of sp³-hybridized carbons (Fsp3) is 0.350. The van der Waals surface area contributed by atoms with Crippen LogP contribution in [-0.4, -0.2) is 37.1 Å². The first-order valence-electron chi connectivity index (χ1n) is 8.81. The van der Waals surface area contributed by atoms with Crippen molar-refractivity contribution >= 4 is 17.4 Å². The number of benzene rings is 2. The maximum absolute atomic E-state index is 13.7. The molecule has 0 aromatic heterocycles. The van der Waals surface area contributed by atoms with Crippen molar-refractivity contribution in [2.45, 2.75) is 19.8 Å². The smallest absolute Gasteiger partial charge is 0.322 e. The quantitative estimate of drug-likeness (QED) is 0.879. The summed E-state index contributed by atoms with van der Waals surface area (Å²) < 4.78 is 27.4. The highest BCUT2D eigenvalue weighted by atomic mass is 19.1. The molecule has 2 aromatic rings. The molecule has 1 N–H and O–H groups in total. The van der Waals surface area contributed by atoms with Crippen molar-refractivity contribution in [2.24, 2.45) is 0 Å². The molecular weight excluding hydrogens is 336 g/mol. The van der Waals surface area contributed by atoms with Crippen LogP contribution in [0.2, 0.25) is 0 Å². The molecule has 26 heavy (non-hydrogen) atoms. The van der Waals surface area contributed by atoms with E-state index in [4.69, 9.17) is 0 Å². The van der Waals surface area contributed by atoms with E-state index in [9.17, 15) is 13.6 Å². The Kier molecular flexibility index (Phi) is 5.40. The molecule has 1 fully saturated rings. The second kappa shape index (κ2) is 7.72. The van der Waals surface area contributed by atoms with E-state index in [1.165, 1.54) is 17.3 Å². The van der Waals surface area contributed by atoms with Crippen LogP contribution in [-0.2, 0) is 0 Å². The van der Waals surface area contributed by atoms with Crippen LogP contribution in [0, 0.1) is 11.6 Å². The molecule has 1 aliphatic rings. The van der Waals surface area contributed by atoms with E-state index in [1.807, 2.05) is 12.1 Å². The molecule has 1 saturated heterocycles. The van der Waals surface area contributed by atoms with Gasteiger partial charge in [0.1, 0.15) is 17.3 Å². The summed E-state index contributed by atoms with van der Waals surface area (Å²) in [6.07, 6.45) is 0. The topological polar surface area (TPSA) is 35.6 Å². The summed E-state index contributed by atoms with van der Waals surface area (Å²) in [6.45, 7) is 6.66. The fourth-order valence-corrected chi connectivity index (χ4v) is 3.22. The molecule has 2 aromatic carbocycles. The number of hydrogen-bond donors (Lipinski definition) is 1. The molecule has 6 heteroatoms. The lowest BCUT2D eigenvalue weighted by molar-refractivity contribution is 0.208. The summed E-state index contributed by atoms with van der Waals surface area (Å²) in [5.41, 5.74) is 2.06. The number of piperazine rings is 1. The Bertz CT molecular complexity index is 766. The SMILES string of the molecule is CC(C)c1ccccc1N1CCN(C(=O)Nc2c(F)cccc2F)CC1. The van der Waals surface area contributed by atoms with Gasteiger partial charge in [-0.3, -0.25) is 0 Å². The summed E-state index contributed by atoms with van der Waals surface area (Å²) >= 11 is 0. The van der Waals surface area contributed by atoms with Crippen LogP contribution in [0.15, 0.2) is 42.5 Å². The van der Waals surface area contributed by atoms with Gasteiger partial charge in [-0.05, 0) is 29.7 Å². The molecule has 138 valence electrons. The van der Waals surface area contributed by atoms with Gasteiger partial charge in [0.25, 0.3) is 0 Å². The Hall–Kier alpha value is -2.63. The Morgan fingerprint density at radius 1 is 0.962 bits per heavy atom. The highest BCUT2D eigenvalue weighted by molar-refractivity contribution is 5.89. The number of para-hydroxylation sites is 2. The lowest BCUT2D eigenvalue weighted by atomic mass is 10.00. The first-order chi connectivity index (χ1) is 12.5. The van der Waals surface area contributed by atoms with E-state index >= 15 is 0 Å². The molecule has 2 amide bonds. The third-order valence-corrected chi connectivity index (χ3v) is 4.66. The second-order valence-corrected chi connectivity index (χ2v) is 6.71. The lowest BCUT2D eigenvalue weighted by Crippen LogP contribution is -2.50. The molecule has 0 bridgehead atoms. The minimum Gasteiger partial charge on any atom is -0.368 e. The fourth-order valence-electron chi connectivity index (χ4n) is 3.22. The number of carbonyl (C=O) groups excluding carboxylic acids is 1. The average Bonchev–Trinajstić information content (AvgIpc) is 2.65. The molecule has 1 aliphatic heterocycles. The van der Waals surface area contributed by atoms with Crippen LogP contribution >= 0.6 is 0 Å². The zero-order valence-corrected chi connectivity index (χ0v) is 15.0. The van der Waals surface area contributed by atoms with E-state index in [0.29, 0.717) is 32.1 Å². The summed E-state index contributed by atoms with van der Waals surface area (Å²) in [5.74, 6) is -1.14. The van der Waals surface area contributed by atoms with Crippen molar-refractivity contribution in [1.82, 2.24) is 4.90 Å². The van der Waals surface area contributed by atoms with E-state index in [0.717, 1.165) is 12.1 Å². The van der Waals surface area contributed by atoms with Crippen molar-refractivity contribution in [2.75, 3.05) is 36.4 Å². The molecule has 0 spiro atoms. The molecule has 0 aliphatic carbocycles. The third-order valence-electron chi connectivity index (χ3n) is 4.66. The molecule has 0 radical (unpaired) electrons. The van der Waals surface area contributed by atoms with Gasteiger partial charge < -0.3 is 15.1 Å². The minimum atomic E-state index is -0.775. The number of amides is 2. The van der Waals surface area contributed by atoms with E-state index in [-0.39, 0.29) is 0 Å². The van der Waals surface area contributed by atoms with Crippen molar-refractivity contribution < 1.29 is 13.6 Å². The van der Waals surface area contributed by atoms with Gasteiger partial charge in [0.15, 0.2) is 0 Å². The summed E-state index contributed by atoms with van der Waals surface area (Å²) in [5, 5.41) is 2.35. The highest BCUT2D eigenvalue weighted by Gasteiger charge is 2.24.